The summed E-state index contributed by atoms with van der Waals surface area (Å²) in [6.07, 6.45) is -0.482. The van der Waals surface area contributed by atoms with Crippen LogP contribution in [0.15, 0.2) is 47.4 Å². The van der Waals surface area contributed by atoms with Crippen molar-refractivity contribution in [3.63, 3.8) is 0 Å². The van der Waals surface area contributed by atoms with Gasteiger partial charge in [-0.3, -0.25) is 0 Å². The molecule has 1 amide bonds. The van der Waals surface area contributed by atoms with Crippen molar-refractivity contribution in [2.24, 2.45) is 0 Å². The molecule has 0 aromatic heterocycles. The summed E-state index contributed by atoms with van der Waals surface area (Å²) in [6, 6.07) is 8.17. The molecule has 0 aliphatic heterocycles. The minimum absolute atomic E-state index is 0.0405. The maximum atomic E-state index is 14.4. The van der Waals surface area contributed by atoms with Crippen molar-refractivity contribution < 1.29 is 26.7 Å². The van der Waals surface area contributed by atoms with E-state index in [4.69, 9.17) is 16.3 Å². The van der Waals surface area contributed by atoms with Crippen molar-refractivity contribution in [3.8, 4) is 0 Å². The van der Waals surface area contributed by atoms with E-state index < -0.39 is 38.4 Å². The first-order valence-electron chi connectivity index (χ1n) is 9.31. The van der Waals surface area contributed by atoms with Crippen LogP contribution in [0.5, 0.6) is 0 Å². The molecule has 0 saturated carbocycles. The number of sulfone groups is 1. The summed E-state index contributed by atoms with van der Waals surface area (Å²) in [7, 11) is -4.05. The summed E-state index contributed by atoms with van der Waals surface area (Å²) in [5, 5.41) is 1.54. The van der Waals surface area contributed by atoms with Crippen LogP contribution in [0.1, 0.15) is 44.4 Å². The third kappa shape index (κ3) is 6.67. The summed E-state index contributed by atoms with van der Waals surface area (Å²) in [5.74, 6) is -1.56. The molecule has 0 saturated heterocycles. The van der Waals surface area contributed by atoms with E-state index in [2.05, 4.69) is 5.32 Å². The van der Waals surface area contributed by atoms with Crippen LogP contribution >= 0.6 is 11.6 Å². The fourth-order valence-corrected chi connectivity index (χ4v) is 4.78. The largest absolute Gasteiger partial charge is 0.444 e. The van der Waals surface area contributed by atoms with E-state index >= 15 is 0 Å². The minimum atomic E-state index is -4.05. The molecule has 1 N–H and O–H groups in total. The maximum absolute atomic E-state index is 14.4. The normalized spacial score (nSPS) is 13.0. The first kappa shape index (κ1) is 24.1. The predicted molar refractivity (Wildman–Crippen MR) is 111 cm³/mol. The monoisotopic (exact) mass is 459 g/mol. The van der Waals surface area contributed by atoms with E-state index in [-0.39, 0.29) is 29.8 Å². The van der Waals surface area contributed by atoms with Gasteiger partial charge in [0.2, 0.25) is 0 Å². The van der Waals surface area contributed by atoms with E-state index in [0.717, 1.165) is 18.2 Å². The van der Waals surface area contributed by atoms with Crippen molar-refractivity contribution >= 4 is 27.5 Å². The Morgan fingerprint density at radius 3 is 2.37 bits per heavy atom. The Kier molecular flexibility index (Phi) is 7.82. The highest BCUT2D eigenvalue weighted by Crippen LogP contribution is 2.35. The fraction of sp³-hybridized carbons (Fsp3) is 0.381. The van der Waals surface area contributed by atoms with Gasteiger partial charge in [0.05, 0.1) is 10.1 Å². The van der Waals surface area contributed by atoms with Crippen LogP contribution in [-0.4, -0.2) is 26.7 Å². The highest BCUT2D eigenvalue weighted by Gasteiger charge is 2.31. The Balaban J connectivity index is 2.23. The Morgan fingerprint density at radius 2 is 1.77 bits per heavy atom. The van der Waals surface area contributed by atoms with Gasteiger partial charge in [0.1, 0.15) is 17.2 Å². The van der Waals surface area contributed by atoms with Crippen LogP contribution in [0.3, 0.4) is 0 Å². The molecule has 2 rings (SSSR count). The number of halogens is 3. The summed E-state index contributed by atoms with van der Waals surface area (Å²) in [6.45, 7) is 5.26. The average molecular weight is 460 g/mol. The number of amides is 1. The van der Waals surface area contributed by atoms with E-state index in [1.54, 1.807) is 20.8 Å². The second kappa shape index (κ2) is 9.75. The van der Waals surface area contributed by atoms with Crippen LogP contribution in [0.4, 0.5) is 13.6 Å². The fourth-order valence-electron chi connectivity index (χ4n) is 2.82. The molecular weight excluding hydrogens is 436 g/mol. The van der Waals surface area contributed by atoms with Crippen LogP contribution in [-0.2, 0) is 14.6 Å². The van der Waals surface area contributed by atoms with Gasteiger partial charge in [0, 0.05) is 17.1 Å². The first-order chi connectivity index (χ1) is 13.9. The van der Waals surface area contributed by atoms with Crippen LogP contribution < -0.4 is 5.32 Å². The van der Waals surface area contributed by atoms with Gasteiger partial charge >= 0.3 is 6.09 Å². The lowest BCUT2D eigenvalue weighted by Crippen LogP contribution is -2.33. The lowest BCUT2D eigenvalue weighted by molar-refractivity contribution is 0.0527. The molecule has 0 aliphatic rings. The maximum Gasteiger partial charge on any atom is 0.407 e. The zero-order valence-electron chi connectivity index (χ0n) is 16.9. The molecule has 2 aromatic rings. The standard InChI is InChI=1S/C21H24ClF2NO4S/c1-21(2,3)29-20(26)25-12-4-5-19(17-13-15(23)8-11-18(17)24)30(27,28)16-9-6-14(22)7-10-16/h6-11,13,19H,4-5,12H2,1-3H3,(H,25,26). The number of rotatable bonds is 7. The molecule has 0 radical (unpaired) electrons. The molecule has 9 heteroatoms. The van der Waals surface area contributed by atoms with Crippen molar-refractivity contribution in [3.05, 3.63) is 64.7 Å². The van der Waals surface area contributed by atoms with Gasteiger partial charge in [-0.05, 0) is 76.1 Å². The summed E-state index contributed by atoms with van der Waals surface area (Å²) in [4.78, 5) is 11.7. The molecule has 2 aromatic carbocycles. The predicted octanol–water partition coefficient (Wildman–Crippen LogP) is 5.44. The topological polar surface area (TPSA) is 72.5 Å². The number of hydrogen-bond donors (Lipinski definition) is 1. The average Bonchev–Trinajstić information content (AvgIpc) is 2.63. The number of benzene rings is 2. The van der Waals surface area contributed by atoms with Crippen molar-refractivity contribution in [2.45, 2.75) is 49.4 Å². The molecule has 1 atom stereocenters. The van der Waals surface area contributed by atoms with Crippen molar-refractivity contribution in [2.75, 3.05) is 6.54 Å². The second-order valence-electron chi connectivity index (χ2n) is 7.72. The molecule has 0 bridgehead atoms. The lowest BCUT2D eigenvalue weighted by Gasteiger charge is -2.21. The zero-order chi connectivity index (χ0) is 22.5. The van der Waals surface area contributed by atoms with E-state index in [1.165, 1.54) is 24.3 Å². The number of carbonyl (C=O) groups is 1. The third-order valence-electron chi connectivity index (χ3n) is 4.13. The van der Waals surface area contributed by atoms with Gasteiger partial charge in [-0.15, -0.1) is 0 Å². The molecule has 5 nitrogen and oxygen atoms in total. The van der Waals surface area contributed by atoms with Crippen molar-refractivity contribution in [1.82, 2.24) is 5.32 Å². The lowest BCUT2D eigenvalue weighted by atomic mass is 10.1. The van der Waals surface area contributed by atoms with E-state index in [0.29, 0.717) is 5.02 Å². The SMILES string of the molecule is CC(C)(C)OC(=O)NCCCC(c1cc(F)ccc1F)S(=O)(=O)c1ccc(Cl)cc1. The molecule has 164 valence electrons. The Hall–Kier alpha value is -2.19. The first-order valence-corrected chi connectivity index (χ1v) is 11.2. The van der Waals surface area contributed by atoms with Gasteiger partial charge in [-0.25, -0.2) is 22.0 Å². The van der Waals surface area contributed by atoms with E-state index in [9.17, 15) is 22.0 Å². The number of carbonyl (C=O) groups excluding carboxylic acids is 1. The van der Waals surface area contributed by atoms with E-state index in [1.807, 2.05) is 0 Å². The van der Waals surface area contributed by atoms with Crippen LogP contribution in [0.2, 0.25) is 5.02 Å². The highest BCUT2D eigenvalue weighted by atomic mass is 35.5. The smallest absolute Gasteiger partial charge is 0.407 e. The number of ether oxygens (including phenoxy) is 1. The molecule has 0 heterocycles. The quantitative estimate of drug-likeness (QED) is 0.560. The summed E-state index contributed by atoms with van der Waals surface area (Å²) < 4.78 is 59.6. The van der Waals surface area contributed by atoms with Gasteiger partial charge in [-0.1, -0.05) is 11.6 Å². The highest BCUT2D eigenvalue weighted by molar-refractivity contribution is 7.91. The summed E-state index contributed by atoms with van der Waals surface area (Å²) in [5.41, 5.74) is -0.933. The van der Waals surface area contributed by atoms with Crippen LogP contribution in [0, 0.1) is 11.6 Å². The molecule has 0 spiro atoms. The molecule has 0 aliphatic carbocycles. The molecule has 0 fully saturated rings. The number of nitrogens with one attached hydrogen (secondary N) is 1. The molecule has 1 unspecified atom stereocenters. The Bertz CT molecular complexity index is 989. The third-order valence-corrected chi connectivity index (χ3v) is 6.55. The van der Waals surface area contributed by atoms with Gasteiger partial charge in [0.15, 0.2) is 9.84 Å². The van der Waals surface area contributed by atoms with Crippen molar-refractivity contribution in [1.29, 1.82) is 0 Å². The van der Waals surface area contributed by atoms with Gasteiger partial charge < -0.3 is 10.1 Å². The molecular formula is C21H24ClF2NO4S. The Morgan fingerprint density at radius 1 is 1.13 bits per heavy atom. The van der Waals surface area contributed by atoms with Gasteiger partial charge in [0.25, 0.3) is 0 Å². The number of alkyl carbamates (subject to hydrolysis) is 1. The van der Waals surface area contributed by atoms with Crippen LogP contribution in [0.25, 0.3) is 0 Å². The Labute approximate surface area is 180 Å². The van der Waals surface area contributed by atoms with Gasteiger partial charge in [-0.2, -0.15) is 0 Å². The second-order valence-corrected chi connectivity index (χ2v) is 10.3. The minimum Gasteiger partial charge on any atom is -0.444 e. The zero-order valence-corrected chi connectivity index (χ0v) is 18.5. The number of hydrogen-bond acceptors (Lipinski definition) is 4. The molecule has 30 heavy (non-hydrogen) atoms. The summed E-state index contributed by atoms with van der Waals surface area (Å²) >= 11 is 5.83.